The van der Waals surface area contributed by atoms with Gasteiger partial charge in [-0.25, -0.2) is 14.4 Å². The van der Waals surface area contributed by atoms with Crippen LogP contribution in [-0.2, 0) is 0 Å². The Morgan fingerprint density at radius 2 is 2.06 bits per heavy atom. The molecule has 176 valence electrons. The second-order valence-corrected chi connectivity index (χ2v) is 9.22. The van der Waals surface area contributed by atoms with E-state index in [0.717, 1.165) is 36.8 Å². The largest absolute Gasteiger partial charge is 0.421 e. The van der Waals surface area contributed by atoms with Crippen molar-refractivity contribution in [3.05, 3.63) is 36.2 Å². The Morgan fingerprint density at radius 1 is 1.29 bits per heavy atom. The average Bonchev–Trinajstić information content (AvgIpc) is 3.15. The lowest BCUT2D eigenvalue weighted by Crippen LogP contribution is -2.69. The van der Waals surface area contributed by atoms with Crippen molar-refractivity contribution >= 4 is 33.4 Å². The van der Waals surface area contributed by atoms with Gasteiger partial charge in [-0.15, -0.1) is 0 Å². The van der Waals surface area contributed by atoms with Gasteiger partial charge in [0.2, 0.25) is 0 Å². The molecule has 5 N–H and O–H groups in total. The van der Waals surface area contributed by atoms with Crippen molar-refractivity contribution in [2.24, 2.45) is 11.1 Å². The maximum Gasteiger partial charge on any atom is 0.326 e. The van der Waals surface area contributed by atoms with Gasteiger partial charge in [0.1, 0.15) is 23.4 Å². The summed E-state index contributed by atoms with van der Waals surface area (Å²) in [6.45, 7) is 3.16. The minimum absolute atomic E-state index is 0.118. The molecular formula is C23H25FN8O2. The lowest BCUT2D eigenvalue weighted by Gasteiger charge is -2.60. The molecule has 4 aromatic rings. The fourth-order valence-corrected chi connectivity index (χ4v) is 4.97. The molecule has 10 nitrogen and oxygen atoms in total. The van der Waals surface area contributed by atoms with Gasteiger partial charge in [0.15, 0.2) is 11.6 Å². The molecule has 1 saturated heterocycles. The number of anilines is 2. The second-order valence-electron chi connectivity index (χ2n) is 9.22. The van der Waals surface area contributed by atoms with Crippen LogP contribution < -0.4 is 20.7 Å². The second kappa shape index (κ2) is 7.47. The van der Waals surface area contributed by atoms with E-state index in [0.29, 0.717) is 34.1 Å². The summed E-state index contributed by atoms with van der Waals surface area (Å²) in [5.41, 5.74) is 8.32. The summed E-state index contributed by atoms with van der Waals surface area (Å²) < 4.78 is 20.3. The van der Waals surface area contributed by atoms with E-state index in [1.165, 1.54) is 24.5 Å². The molecule has 2 aliphatic rings. The van der Waals surface area contributed by atoms with Gasteiger partial charge in [-0.1, -0.05) is 0 Å². The Morgan fingerprint density at radius 3 is 2.68 bits per heavy atom. The van der Waals surface area contributed by atoms with Crippen molar-refractivity contribution in [1.29, 1.82) is 0 Å². The first-order valence-corrected chi connectivity index (χ1v) is 11.3. The zero-order valence-corrected chi connectivity index (χ0v) is 18.8. The maximum atomic E-state index is 14.4. The molecule has 4 heterocycles. The third-order valence-electron chi connectivity index (χ3n) is 7.04. The molecule has 0 bridgehead atoms. The lowest BCUT2D eigenvalue weighted by atomic mass is 9.60. The first kappa shape index (κ1) is 21.0. The van der Waals surface area contributed by atoms with Gasteiger partial charge in [0.05, 0.1) is 29.0 Å². The molecule has 1 aromatic carbocycles. The number of benzene rings is 1. The summed E-state index contributed by atoms with van der Waals surface area (Å²) in [6.07, 6.45) is 4.29. The summed E-state index contributed by atoms with van der Waals surface area (Å²) in [5.74, 6) is 0.962. The number of fused-ring (bicyclic) bond motifs is 3. The number of hydrogen-bond donors (Lipinski definition) is 4. The molecule has 2 fully saturated rings. The zero-order valence-electron chi connectivity index (χ0n) is 18.8. The molecule has 0 radical (unpaired) electrons. The van der Waals surface area contributed by atoms with Gasteiger partial charge in [-0.3, -0.25) is 0 Å². The standard InChI is InChI=1S/C23H25FN8O2/c1-11(33)19-27-7-13(8-28-19)34-22-30-20-17(14-5-12(24)6-15(26-2)18(14)29-20)21(31-22)32-9-23(10-32)4-3-16(23)25/h5-8,11,16,26,33H,3-4,9-10,25H2,1-2H3,(H,29,30,31). The highest BCUT2D eigenvalue weighted by Gasteiger charge is 2.53. The van der Waals surface area contributed by atoms with Gasteiger partial charge in [0.25, 0.3) is 0 Å². The molecule has 0 amide bonds. The average molecular weight is 465 g/mol. The molecule has 1 spiro atoms. The molecule has 34 heavy (non-hydrogen) atoms. The quantitative estimate of drug-likeness (QED) is 0.351. The van der Waals surface area contributed by atoms with Crippen molar-refractivity contribution in [2.45, 2.75) is 31.9 Å². The van der Waals surface area contributed by atoms with E-state index in [9.17, 15) is 9.50 Å². The highest BCUT2D eigenvalue weighted by Crippen LogP contribution is 2.50. The normalized spacial score (nSPS) is 19.8. The van der Waals surface area contributed by atoms with Crippen LogP contribution in [0.15, 0.2) is 24.5 Å². The fraction of sp³-hybridized carbons (Fsp3) is 0.391. The molecule has 11 heteroatoms. The number of aromatic nitrogens is 5. The number of nitrogens with zero attached hydrogens (tertiary/aromatic N) is 5. The number of nitrogens with two attached hydrogens (primary N) is 1. The number of H-pyrrole nitrogens is 1. The highest BCUT2D eigenvalue weighted by atomic mass is 19.1. The van der Waals surface area contributed by atoms with Crippen LogP contribution in [0.4, 0.5) is 15.9 Å². The van der Waals surface area contributed by atoms with Crippen LogP contribution in [0.25, 0.3) is 21.9 Å². The van der Waals surface area contributed by atoms with Gasteiger partial charge in [-0.05, 0) is 31.9 Å². The predicted octanol–water partition coefficient (Wildman–Crippen LogP) is 2.85. The van der Waals surface area contributed by atoms with Crippen molar-refractivity contribution in [3.63, 3.8) is 0 Å². The molecule has 6 rings (SSSR count). The predicted molar refractivity (Wildman–Crippen MR) is 125 cm³/mol. The van der Waals surface area contributed by atoms with E-state index in [1.54, 1.807) is 14.0 Å². The molecule has 2 unspecified atom stereocenters. The minimum atomic E-state index is -0.780. The fourth-order valence-electron chi connectivity index (χ4n) is 4.97. The van der Waals surface area contributed by atoms with Crippen LogP contribution in [0.2, 0.25) is 0 Å². The molecular weight excluding hydrogens is 439 g/mol. The van der Waals surface area contributed by atoms with Gasteiger partial charge in [-0.2, -0.15) is 9.97 Å². The number of nitrogens with one attached hydrogen (secondary N) is 2. The Balaban J connectivity index is 1.46. The van der Waals surface area contributed by atoms with E-state index in [2.05, 4.69) is 30.2 Å². The number of ether oxygens (including phenoxy) is 1. The van der Waals surface area contributed by atoms with Crippen LogP contribution in [0.5, 0.6) is 11.8 Å². The first-order valence-electron chi connectivity index (χ1n) is 11.3. The number of aliphatic hydroxyl groups excluding tert-OH is 1. The van der Waals surface area contributed by atoms with E-state index >= 15 is 0 Å². The van der Waals surface area contributed by atoms with E-state index in [-0.39, 0.29) is 23.3 Å². The number of aliphatic hydroxyl groups is 1. The Bertz CT molecular complexity index is 1400. The zero-order chi connectivity index (χ0) is 23.6. The minimum Gasteiger partial charge on any atom is -0.421 e. The third-order valence-corrected chi connectivity index (χ3v) is 7.04. The highest BCUT2D eigenvalue weighted by molar-refractivity contribution is 6.14. The molecule has 1 aliphatic carbocycles. The van der Waals surface area contributed by atoms with Crippen molar-refractivity contribution in [2.75, 3.05) is 30.4 Å². The van der Waals surface area contributed by atoms with Crippen LogP contribution in [0.3, 0.4) is 0 Å². The summed E-state index contributed by atoms with van der Waals surface area (Å²) in [5, 5.41) is 14.1. The van der Waals surface area contributed by atoms with E-state index < -0.39 is 6.10 Å². The summed E-state index contributed by atoms with van der Waals surface area (Å²) in [7, 11) is 1.74. The SMILES string of the molecule is CNc1cc(F)cc2c1[nH]c1nc(Oc3cnc(C(C)O)nc3)nc(N3CC4(CCC4N)C3)c12. The number of aromatic amines is 1. The lowest BCUT2D eigenvalue weighted by molar-refractivity contribution is 0.0559. The molecule has 1 saturated carbocycles. The monoisotopic (exact) mass is 464 g/mol. The van der Waals surface area contributed by atoms with Crippen molar-refractivity contribution < 1.29 is 14.2 Å². The Kier molecular flexibility index (Phi) is 4.61. The smallest absolute Gasteiger partial charge is 0.326 e. The van der Waals surface area contributed by atoms with Crippen molar-refractivity contribution in [1.82, 2.24) is 24.9 Å². The maximum absolute atomic E-state index is 14.4. The molecule has 1 aliphatic heterocycles. The van der Waals surface area contributed by atoms with E-state index in [4.69, 9.17) is 15.5 Å². The summed E-state index contributed by atoms with van der Waals surface area (Å²) >= 11 is 0. The van der Waals surface area contributed by atoms with Gasteiger partial charge >= 0.3 is 6.01 Å². The van der Waals surface area contributed by atoms with E-state index in [1.807, 2.05) is 0 Å². The first-order chi connectivity index (χ1) is 16.4. The topological polar surface area (TPSA) is 138 Å². The molecule has 3 aromatic heterocycles. The Hall–Kier alpha value is -3.57. The number of halogens is 1. The van der Waals surface area contributed by atoms with Gasteiger partial charge in [0, 0.05) is 37.0 Å². The van der Waals surface area contributed by atoms with Crippen LogP contribution in [0.1, 0.15) is 31.7 Å². The third kappa shape index (κ3) is 3.15. The van der Waals surface area contributed by atoms with Crippen LogP contribution in [-0.4, -0.2) is 56.2 Å². The summed E-state index contributed by atoms with van der Waals surface area (Å²) in [6, 6.07) is 3.25. The molecule has 2 atom stereocenters. The van der Waals surface area contributed by atoms with Gasteiger partial charge < -0.3 is 30.8 Å². The number of hydrogen-bond acceptors (Lipinski definition) is 9. The van der Waals surface area contributed by atoms with Crippen LogP contribution in [0, 0.1) is 11.2 Å². The Labute approximate surface area is 194 Å². The summed E-state index contributed by atoms with van der Waals surface area (Å²) in [4.78, 5) is 23.0. The van der Waals surface area contributed by atoms with Crippen molar-refractivity contribution in [3.8, 4) is 11.8 Å². The number of rotatable bonds is 5. The van der Waals surface area contributed by atoms with Crippen LogP contribution >= 0.6 is 0 Å².